The molecule has 0 radical (unpaired) electrons. The second-order valence-corrected chi connectivity index (χ2v) is 12.6. The van der Waals surface area contributed by atoms with E-state index in [1.165, 1.54) is 26.0 Å². The second-order valence-electron chi connectivity index (χ2n) is 8.63. The molecule has 0 saturated heterocycles. The van der Waals surface area contributed by atoms with Gasteiger partial charge in [-0.3, -0.25) is 14.1 Å². The fourth-order valence-electron chi connectivity index (χ4n) is 3.41. The minimum Gasteiger partial charge on any atom is -0.448 e. The fourth-order valence-corrected chi connectivity index (χ4v) is 6.19. The van der Waals surface area contributed by atoms with Crippen LogP contribution in [0.1, 0.15) is 58.9 Å². The lowest BCUT2D eigenvalue weighted by Gasteiger charge is -2.12. The van der Waals surface area contributed by atoms with Gasteiger partial charge in [-0.05, 0) is 52.7 Å². The average Bonchev–Trinajstić information content (AvgIpc) is 2.90. The standard InChI is InChI=1S/C26H33O12P2S/c1-5-23(27)34-18(3)37-39(29)22-16-15-20(12-10-11-17-41(31,32)33)26(25(22)36-21-13-8-7-9-14-21)40(30)38-19(4)35-24(28)6-2/h7-9,13-16,18-19H,5-6,10-12,17H2,1-4H3/q+1/p+1. The van der Waals surface area contributed by atoms with Gasteiger partial charge in [-0.2, -0.15) is 8.42 Å². The summed E-state index contributed by atoms with van der Waals surface area (Å²) in [4.78, 5) is 23.4. The zero-order valence-corrected chi connectivity index (χ0v) is 25.8. The third kappa shape index (κ3) is 11.9. The van der Waals surface area contributed by atoms with Crippen LogP contribution in [-0.2, 0) is 53.8 Å². The third-order valence-electron chi connectivity index (χ3n) is 5.30. The smallest absolute Gasteiger partial charge is 0.448 e. The molecular formula is C26H34O12P2S+2. The predicted octanol–water partition coefficient (Wildman–Crippen LogP) is 5.06. The van der Waals surface area contributed by atoms with Crippen molar-refractivity contribution in [1.29, 1.82) is 0 Å². The van der Waals surface area contributed by atoms with Gasteiger partial charge in [0.2, 0.25) is 5.75 Å². The average molecular weight is 633 g/mol. The van der Waals surface area contributed by atoms with E-state index in [1.807, 2.05) is 0 Å². The number of ether oxygens (including phenoxy) is 3. The lowest BCUT2D eigenvalue weighted by molar-refractivity contribution is -0.161. The van der Waals surface area contributed by atoms with Crippen molar-refractivity contribution in [2.45, 2.75) is 72.4 Å². The maximum atomic E-state index is 13.6. The molecular weight excluding hydrogens is 598 g/mol. The molecule has 224 valence electrons. The first-order valence-corrected chi connectivity index (χ1v) is 16.8. The van der Waals surface area contributed by atoms with Crippen molar-refractivity contribution < 1.29 is 54.9 Å². The first-order chi connectivity index (χ1) is 19.3. The molecule has 1 N–H and O–H groups in total. The van der Waals surface area contributed by atoms with Gasteiger partial charge in [0.05, 0.1) is 5.75 Å². The van der Waals surface area contributed by atoms with Gasteiger partial charge in [0.15, 0.2) is 0 Å². The Balaban J connectivity index is 2.56. The Morgan fingerprint density at radius 3 is 1.95 bits per heavy atom. The largest absolute Gasteiger partial charge is 0.557 e. The fraction of sp³-hybridized carbons (Fsp3) is 0.462. The second kappa shape index (κ2) is 16.6. The summed E-state index contributed by atoms with van der Waals surface area (Å²) in [5, 5.41) is -0.0112. The summed E-state index contributed by atoms with van der Waals surface area (Å²) >= 11 is 0. The van der Waals surface area contributed by atoms with Gasteiger partial charge < -0.3 is 14.2 Å². The molecule has 0 amide bonds. The maximum Gasteiger partial charge on any atom is 0.557 e. The van der Waals surface area contributed by atoms with Crippen LogP contribution in [0.25, 0.3) is 0 Å². The Morgan fingerprint density at radius 2 is 1.41 bits per heavy atom. The van der Waals surface area contributed by atoms with Crippen LogP contribution in [-0.4, -0.2) is 43.2 Å². The van der Waals surface area contributed by atoms with Gasteiger partial charge in [0, 0.05) is 32.3 Å². The maximum absolute atomic E-state index is 13.6. The van der Waals surface area contributed by atoms with E-state index in [4.69, 9.17) is 27.8 Å². The van der Waals surface area contributed by atoms with E-state index in [0.717, 1.165) is 0 Å². The monoisotopic (exact) mass is 632 g/mol. The van der Waals surface area contributed by atoms with Gasteiger partial charge in [-0.15, -0.1) is 0 Å². The van der Waals surface area contributed by atoms with Gasteiger partial charge in [-0.25, -0.2) is 0 Å². The molecule has 0 aliphatic carbocycles. The Morgan fingerprint density at radius 1 is 0.854 bits per heavy atom. The summed E-state index contributed by atoms with van der Waals surface area (Å²) in [7, 11) is -9.69. The highest BCUT2D eigenvalue weighted by Gasteiger charge is 2.43. The van der Waals surface area contributed by atoms with Crippen LogP contribution in [0.3, 0.4) is 0 Å². The molecule has 0 aliphatic rings. The molecule has 0 saturated carbocycles. The van der Waals surface area contributed by atoms with Crippen LogP contribution >= 0.6 is 16.1 Å². The molecule has 2 aromatic carbocycles. The number of aryl methyl sites for hydroxylation is 1. The van der Waals surface area contributed by atoms with Crippen LogP contribution in [0, 0.1) is 0 Å². The summed E-state index contributed by atoms with van der Waals surface area (Å²) in [6, 6.07) is 11.3. The van der Waals surface area contributed by atoms with Crippen LogP contribution < -0.4 is 15.3 Å². The summed E-state index contributed by atoms with van der Waals surface area (Å²) in [6.07, 6.45) is -1.65. The van der Waals surface area contributed by atoms with Gasteiger partial charge in [0.1, 0.15) is 5.75 Å². The minimum atomic E-state index is -4.17. The van der Waals surface area contributed by atoms with Gasteiger partial charge in [0.25, 0.3) is 33.3 Å². The Bertz CT molecular complexity index is 1330. The van der Waals surface area contributed by atoms with Crippen LogP contribution in [0.4, 0.5) is 0 Å². The SMILES string of the molecule is CCC(=O)OC(C)O[P+](=O)c1ccc(CCCCS(=O)(=O)O)c([P+](=O)OC(C)OC(=O)CC)c1Oc1ccccc1. The van der Waals surface area contributed by atoms with Crippen LogP contribution in [0.15, 0.2) is 42.5 Å². The first kappa shape index (κ1) is 34.4. The predicted molar refractivity (Wildman–Crippen MR) is 151 cm³/mol. The third-order valence-corrected chi connectivity index (χ3v) is 8.68. The first-order valence-electron chi connectivity index (χ1n) is 12.9. The molecule has 4 atom stereocenters. The summed E-state index contributed by atoms with van der Waals surface area (Å²) in [5.41, 5.74) is 0.416. The molecule has 0 aliphatic heterocycles. The Labute approximate surface area is 241 Å². The molecule has 0 spiro atoms. The summed E-state index contributed by atoms with van der Waals surface area (Å²) in [6.45, 7) is 5.97. The van der Waals surface area contributed by atoms with E-state index >= 15 is 0 Å². The highest BCUT2D eigenvalue weighted by atomic mass is 32.2. The lowest BCUT2D eigenvalue weighted by Crippen LogP contribution is -2.22. The Kier molecular flexibility index (Phi) is 13.9. The number of para-hydroxylation sites is 1. The number of hydrogen-bond acceptors (Lipinski definition) is 11. The van der Waals surface area contributed by atoms with Crippen molar-refractivity contribution in [1.82, 2.24) is 0 Å². The number of benzene rings is 2. The van der Waals surface area contributed by atoms with Gasteiger partial charge >= 0.3 is 28.0 Å². The van der Waals surface area contributed by atoms with Crippen molar-refractivity contribution in [3.8, 4) is 11.5 Å². The molecule has 4 unspecified atom stereocenters. The molecule has 41 heavy (non-hydrogen) atoms. The molecule has 2 aromatic rings. The highest BCUT2D eigenvalue weighted by Crippen LogP contribution is 2.38. The molecule has 2 rings (SSSR count). The zero-order chi connectivity index (χ0) is 30.6. The number of carbonyl (C=O) groups is 2. The van der Waals surface area contributed by atoms with E-state index in [-0.39, 0.29) is 48.5 Å². The number of carbonyl (C=O) groups excluding carboxylic acids is 2. The lowest BCUT2D eigenvalue weighted by atomic mass is 10.1. The highest BCUT2D eigenvalue weighted by molar-refractivity contribution is 7.85. The molecule has 12 nitrogen and oxygen atoms in total. The Hall–Kier alpha value is -2.79. The van der Waals surface area contributed by atoms with Crippen LogP contribution in [0.5, 0.6) is 11.5 Å². The molecule has 15 heteroatoms. The summed E-state index contributed by atoms with van der Waals surface area (Å²) < 4.78 is 85.5. The number of hydrogen-bond donors (Lipinski definition) is 1. The number of unbranched alkanes of at least 4 members (excludes halogenated alkanes) is 1. The van der Waals surface area contributed by atoms with Crippen molar-refractivity contribution in [2.24, 2.45) is 0 Å². The van der Waals surface area contributed by atoms with Gasteiger partial charge in [-0.1, -0.05) is 41.1 Å². The van der Waals surface area contributed by atoms with E-state index in [1.54, 1.807) is 44.2 Å². The van der Waals surface area contributed by atoms with E-state index in [2.05, 4.69) is 0 Å². The molecule has 0 aromatic heterocycles. The van der Waals surface area contributed by atoms with E-state index < -0.39 is 56.4 Å². The molecule has 0 heterocycles. The normalized spacial score (nSPS) is 13.6. The van der Waals surface area contributed by atoms with Crippen molar-refractivity contribution in [3.63, 3.8) is 0 Å². The molecule has 0 fully saturated rings. The van der Waals surface area contributed by atoms with E-state index in [0.29, 0.717) is 11.3 Å². The van der Waals surface area contributed by atoms with Crippen LogP contribution in [0.2, 0.25) is 0 Å². The topological polar surface area (TPSA) is 169 Å². The van der Waals surface area contributed by atoms with E-state index in [9.17, 15) is 27.1 Å². The summed E-state index contributed by atoms with van der Waals surface area (Å²) in [5.74, 6) is -1.40. The number of esters is 2. The quantitative estimate of drug-likeness (QED) is 0.0810. The number of rotatable bonds is 17. The molecule has 0 bridgehead atoms. The van der Waals surface area contributed by atoms with Crippen molar-refractivity contribution >= 4 is 48.7 Å². The van der Waals surface area contributed by atoms with Crippen molar-refractivity contribution in [3.05, 3.63) is 48.0 Å². The minimum absolute atomic E-state index is 0.00207. The van der Waals surface area contributed by atoms with Crippen molar-refractivity contribution in [2.75, 3.05) is 5.75 Å². The zero-order valence-electron chi connectivity index (χ0n) is 23.2.